The summed E-state index contributed by atoms with van der Waals surface area (Å²) in [6.45, 7) is 1.95. The van der Waals surface area contributed by atoms with Gasteiger partial charge in [0.2, 0.25) is 0 Å². The highest BCUT2D eigenvalue weighted by atomic mass is 79.9. The molecule has 0 N–H and O–H groups in total. The highest BCUT2D eigenvalue weighted by Crippen LogP contribution is 2.32. The van der Waals surface area contributed by atoms with Crippen LogP contribution in [0.5, 0.6) is 0 Å². The summed E-state index contributed by atoms with van der Waals surface area (Å²) in [5, 5.41) is 3.27. The molecule has 2 aromatic rings. The molecule has 0 saturated carbocycles. The molecule has 1 saturated heterocycles. The van der Waals surface area contributed by atoms with Crippen LogP contribution in [0.4, 0.5) is 0 Å². The van der Waals surface area contributed by atoms with Crippen molar-refractivity contribution >= 4 is 39.0 Å². The molecule has 3 heterocycles. The molecule has 0 aromatic carbocycles. The van der Waals surface area contributed by atoms with Crippen LogP contribution in [-0.2, 0) is 6.54 Å². The largest absolute Gasteiger partial charge is 0.453 e. The minimum Gasteiger partial charge on any atom is -0.453 e. The summed E-state index contributed by atoms with van der Waals surface area (Å²) < 4.78 is 6.40. The Kier molecular flexibility index (Phi) is 4.08. The Hall–Kier alpha value is -0.300. The maximum absolute atomic E-state index is 5.60. The zero-order valence-electron chi connectivity index (χ0n) is 9.71. The molecule has 0 bridgehead atoms. The molecule has 2 aromatic heterocycles. The van der Waals surface area contributed by atoms with Crippen LogP contribution in [0.25, 0.3) is 0 Å². The molecule has 18 heavy (non-hydrogen) atoms. The van der Waals surface area contributed by atoms with Gasteiger partial charge in [0, 0.05) is 29.6 Å². The van der Waals surface area contributed by atoms with Gasteiger partial charge < -0.3 is 4.42 Å². The average molecular weight is 345 g/mol. The molecule has 0 unspecified atom stereocenters. The third-order valence-corrected chi connectivity index (χ3v) is 5.29. The molecule has 0 aliphatic carbocycles. The summed E-state index contributed by atoms with van der Waals surface area (Å²) in [6, 6.07) is 4.41. The fraction of sp³-hybridized carbons (Fsp3) is 0.417. The van der Waals surface area contributed by atoms with Crippen molar-refractivity contribution in [3.8, 4) is 0 Å². The SMILES string of the molecule is Brc1ccc(CN2CCSC[C@H]2c2nccs2)o1. The lowest BCUT2D eigenvalue weighted by Crippen LogP contribution is -2.35. The Morgan fingerprint density at radius 1 is 1.50 bits per heavy atom. The topological polar surface area (TPSA) is 29.3 Å². The van der Waals surface area contributed by atoms with Crippen LogP contribution < -0.4 is 0 Å². The van der Waals surface area contributed by atoms with E-state index in [0.717, 1.165) is 29.3 Å². The lowest BCUT2D eigenvalue weighted by atomic mass is 10.2. The number of hydrogen-bond donors (Lipinski definition) is 0. The summed E-state index contributed by atoms with van der Waals surface area (Å²) in [6.07, 6.45) is 1.89. The number of hydrogen-bond acceptors (Lipinski definition) is 5. The Bertz CT molecular complexity index is 500. The number of halogens is 1. The van der Waals surface area contributed by atoms with E-state index in [4.69, 9.17) is 4.42 Å². The van der Waals surface area contributed by atoms with Crippen molar-refractivity contribution in [2.75, 3.05) is 18.1 Å². The monoisotopic (exact) mass is 344 g/mol. The number of rotatable bonds is 3. The van der Waals surface area contributed by atoms with Crippen LogP contribution in [0.3, 0.4) is 0 Å². The summed E-state index contributed by atoms with van der Waals surface area (Å²) in [5.41, 5.74) is 0. The number of nitrogens with zero attached hydrogens (tertiary/aromatic N) is 2. The number of thioether (sulfide) groups is 1. The van der Waals surface area contributed by atoms with Crippen LogP contribution >= 0.6 is 39.0 Å². The predicted molar refractivity (Wildman–Crippen MR) is 79.0 cm³/mol. The maximum Gasteiger partial charge on any atom is 0.169 e. The van der Waals surface area contributed by atoms with E-state index in [1.165, 1.54) is 10.8 Å². The fourth-order valence-corrected chi connectivity index (χ4v) is 4.43. The predicted octanol–water partition coefficient (Wildman–Crippen LogP) is 3.79. The van der Waals surface area contributed by atoms with Gasteiger partial charge in [0.15, 0.2) is 4.67 Å². The first-order chi connectivity index (χ1) is 8.83. The Morgan fingerprint density at radius 3 is 3.17 bits per heavy atom. The minimum absolute atomic E-state index is 0.424. The van der Waals surface area contributed by atoms with E-state index < -0.39 is 0 Å². The second kappa shape index (κ2) is 5.77. The van der Waals surface area contributed by atoms with Gasteiger partial charge in [-0.2, -0.15) is 11.8 Å². The fourth-order valence-electron chi connectivity index (χ4n) is 2.09. The van der Waals surface area contributed by atoms with Gasteiger partial charge in [-0.25, -0.2) is 4.98 Å². The van der Waals surface area contributed by atoms with Crippen LogP contribution in [0.15, 0.2) is 32.8 Å². The van der Waals surface area contributed by atoms with Crippen LogP contribution in [0.1, 0.15) is 16.8 Å². The van der Waals surface area contributed by atoms with Crippen molar-refractivity contribution in [1.29, 1.82) is 0 Å². The van der Waals surface area contributed by atoms with Crippen LogP contribution in [0, 0.1) is 0 Å². The van der Waals surface area contributed by atoms with E-state index >= 15 is 0 Å². The first kappa shape index (κ1) is 12.7. The van der Waals surface area contributed by atoms with Crippen molar-refractivity contribution < 1.29 is 4.42 Å². The molecule has 1 atom stereocenters. The maximum atomic E-state index is 5.60. The quantitative estimate of drug-likeness (QED) is 0.847. The van der Waals surface area contributed by atoms with Crippen molar-refractivity contribution in [1.82, 2.24) is 9.88 Å². The molecule has 1 aliphatic heterocycles. The number of aromatic nitrogens is 1. The summed E-state index contributed by atoms with van der Waals surface area (Å²) in [7, 11) is 0. The van der Waals surface area contributed by atoms with Crippen LogP contribution in [0.2, 0.25) is 0 Å². The molecule has 1 aliphatic rings. The standard InChI is InChI=1S/C12H13BrN2OS2/c13-11-2-1-9(16-11)7-15-4-6-17-8-10(15)12-14-3-5-18-12/h1-3,5,10H,4,6-8H2/t10-/m0/s1. The second-order valence-electron chi connectivity index (χ2n) is 4.14. The van der Waals surface area contributed by atoms with Crippen molar-refractivity contribution in [2.24, 2.45) is 0 Å². The van der Waals surface area contributed by atoms with Crippen molar-refractivity contribution in [3.63, 3.8) is 0 Å². The lowest BCUT2D eigenvalue weighted by molar-refractivity contribution is 0.194. The third kappa shape index (κ3) is 2.82. The molecule has 0 radical (unpaired) electrons. The molecule has 1 fully saturated rings. The van der Waals surface area contributed by atoms with E-state index in [0.29, 0.717) is 6.04 Å². The molecular weight excluding hydrogens is 332 g/mol. The average Bonchev–Trinajstić information content (AvgIpc) is 3.02. The molecular formula is C12H13BrN2OS2. The van der Waals surface area contributed by atoms with Crippen molar-refractivity contribution in [2.45, 2.75) is 12.6 Å². The molecule has 96 valence electrons. The van der Waals surface area contributed by atoms with Gasteiger partial charge in [-0.1, -0.05) is 0 Å². The Morgan fingerprint density at radius 2 is 2.44 bits per heavy atom. The molecule has 3 rings (SSSR count). The van der Waals surface area contributed by atoms with Crippen LogP contribution in [-0.4, -0.2) is 27.9 Å². The summed E-state index contributed by atoms with van der Waals surface area (Å²) in [4.78, 5) is 6.92. The lowest BCUT2D eigenvalue weighted by Gasteiger charge is -2.33. The highest BCUT2D eigenvalue weighted by molar-refractivity contribution is 9.10. The molecule has 0 spiro atoms. The third-order valence-electron chi connectivity index (χ3n) is 2.96. The summed E-state index contributed by atoms with van der Waals surface area (Å²) in [5.74, 6) is 3.31. The molecule has 0 amide bonds. The Labute approximate surface area is 123 Å². The highest BCUT2D eigenvalue weighted by Gasteiger charge is 2.26. The van der Waals surface area contributed by atoms with Crippen molar-refractivity contribution in [3.05, 3.63) is 39.1 Å². The van der Waals surface area contributed by atoms with E-state index in [9.17, 15) is 0 Å². The second-order valence-corrected chi connectivity index (χ2v) is 6.99. The normalized spacial score (nSPS) is 21.3. The zero-order chi connectivity index (χ0) is 12.4. The Balaban J connectivity index is 1.76. The van der Waals surface area contributed by atoms with E-state index in [2.05, 4.69) is 31.2 Å². The molecule has 6 heteroatoms. The van der Waals surface area contributed by atoms with Gasteiger partial charge in [-0.05, 0) is 28.1 Å². The van der Waals surface area contributed by atoms with Gasteiger partial charge in [0.1, 0.15) is 10.8 Å². The van der Waals surface area contributed by atoms with E-state index in [-0.39, 0.29) is 0 Å². The number of furan rings is 1. The van der Waals surface area contributed by atoms with Gasteiger partial charge >= 0.3 is 0 Å². The number of thiazole rings is 1. The summed E-state index contributed by atoms with van der Waals surface area (Å²) >= 11 is 7.10. The first-order valence-electron chi connectivity index (χ1n) is 5.78. The van der Waals surface area contributed by atoms with Gasteiger partial charge in [-0.3, -0.25) is 4.90 Å². The van der Waals surface area contributed by atoms with Gasteiger partial charge in [0.25, 0.3) is 0 Å². The van der Waals surface area contributed by atoms with Gasteiger partial charge in [0.05, 0.1) is 12.6 Å². The minimum atomic E-state index is 0.424. The first-order valence-corrected chi connectivity index (χ1v) is 8.61. The van der Waals surface area contributed by atoms with E-state index in [1.807, 2.05) is 30.1 Å². The smallest absolute Gasteiger partial charge is 0.169 e. The molecule has 3 nitrogen and oxygen atoms in total. The van der Waals surface area contributed by atoms with E-state index in [1.54, 1.807) is 11.3 Å². The van der Waals surface area contributed by atoms with Gasteiger partial charge in [-0.15, -0.1) is 11.3 Å². The zero-order valence-corrected chi connectivity index (χ0v) is 12.9.